The van der Waals surface area contributed by atoms with E-state index in [9.17, 15) is 8.78 Å². The van der Waals surface area contributed by atoms with Gasteiger partial charge in [-0.2, -0.15) is 0 Å². The first-order valence-electron chi connectivity index (χ1n) is 8.86. The highest BCUT2D eigenvalue weighted by molar-refractivity contribution is 6.20. The third-order valence-corrected chi connectivity index (χ3v) is 3.84. The molecule has 132 valence electrons. The molecular weight excluding hydrogens is 290 g/mol. The van der Waals surface area contributed by atoms with Crippen LogP contribution in [0.25, 0.3) is 0 Å². The standard InChI is InChI=1S/C7H16.C6H12F2.C5H11Cl/c1-3-5-7-6-4-2;1-3-5-6(7,8)4-2;1-3-5(6)4-2/h3-7H2,1-2H3;3-5H2,1-2H3;5H,3-4H2,1-2H3. The van der Waals surface area contributed by atoms with E-state index >= 15 is 0 Å². The quantitative estimate of drug-likeness (QED) is 0.295. The van der Waals surface area contributed by atoms with Crippen LogP contribution >= 0.6 is 11.6 Å². The molecule has 3 heteroatoms. The van der Waals surface area contributed by atoms with Crippen molar-refractivity contribution in [2.45, 2.75) is 117 Å². The molecule has 0 N–H and O–H groups in total. The molecule has 21 heavy (non-hydrogen) atoms. The van der Waals surface area contributed by atoms with E-state index < -0.39 is 5.92 Å². The molecule has 0 aliphatic heterocycles. The first-order chi connectivity index (χ1) is 9.84. The number of halogens is 3. The predicted octanol–water partition coefficient (Wildman–Crippen LogP) is 8.22. The maximum absolute atomic E-state index is 12.2. The van der Waals surface area contributed by atoms with Crippen LogP contribution in [0.5, 0.6) is 0 Å². The van der Waals surface area contributed by atoms with Crippen LogP contribution in [-0.2, 0) is 0 Å². The summed E-state index contributed by atoms with van der Waals surface area (Å²) in [6.07, 6.45) is 9.77. The van der Waals surface area contributed by atoms with E-state index in [0.29, 0.717) is 11.8 Å². The summed E-state index contributed by atoms with van der Waals surface area (Å²) in [5, 5.41) is 0.407. The second kappa shape index (κ2) is 20.1. The highest BCUT2D eigenvalue weighted by atomic mass is 35.5. The molecule has 0 unspecified atom stereocenters. The molecule has 0 nitrogen and oxygen atoms in total. The lowest BCUT2D eigenvalue weighted by molar-refractivity contribution is -0.0119. The van der Waals surface area contributed by atoms with Gasteiger partial charge < -0.3 is 0 Å². The predicted molar refractivity (Wildman–Crippen MR) is 94.8 cm³/mol. The second-order valence-corrected chi connectivity index (χ2v) is 6.05. The summed E-state index contributed by atoms with van der Waals surface area (Å²) in [5.74, 6) is -2.41. The molecule has 0 aromatic heterocycles. The Hall–Kier alpha value is 0.150. The Morgan fingerprint density at radius 3 is 1.33 bits per heavy atom. The van der Waals surface area contributed by atoms with Gasteiger partial charge in [-0.3, -0.25) is 0 Å². The second-order valence-electron chi connectivity index (χ2n) is 5.43. The molecule has 0 aromatic rings. The van der Waals surface area contributed by atoms with Crippen LogP contribution in [0.1, 0.15) is 106 Å². The Kier molecular flexibility index (Phi) is 25.0. The lowest BCUT2D eigenvalue weighted by atomic mass is 10.1. The van der Waals surface area contributed by atoms with Crippen molar-refractivity contribution in [3.8, 4) is 0 Å². The normalized spacial score (nSPS) is 10.6. The summed E-state index contributed by atoms with van der Waals surface area (Å²) in [6, 6.07) is 0. The SMILES string of the molecule is CCC(Cl)CC.CCCC(F)(F)CC.CCCCCCC. The lowest BCUT2D eigenvalue weighted by Gasteiger charge is -2.10. The average Bonchev–Trinajstić information content (AvgIpc) is 2.48. The van der Waals surface area contributed by atoms with E-state index in [0.717, 1.165) is 12.8 Å². The molecule has 0 rings (SSSR count). The van der Waals surface area contributed by atoms with Gasteiger partial charge in [0.1, 0.15) is 0 Å². The summed E-state index contributed by atoms with van der Waals surface area (Å²) in [6.45, 7) is 12.0. The minimum Gasteiger partial charge on any atom is -0.207 e. The zero-order valence-corrected chi connectivity index (χ0v) is 16.0. The van der Waals surface area contributed by atoms with Crippen LogP contribution < -0.4 is 0 Å². The van der Waals surface area contributed by atoms with Crippen molar-refractivity contribution in [3.05, 3.63) is 0 Å². The molecule has 0 aliphatic carbocycles. The van der Waals surface area contributed by atoms with Gasteiger partial charge >= 0.3 is 0 Å². The van der Waals surface area contributed by atoms with Crippen molar-refractivity contribution in [1.29, 1.82) is 0 Å². The number of hydrogen-bond acceptors (Lipinski definition) is 0. The maximum Gasteiger partial charge on any atom is 0.247 e. The molecule has 0 aromatic carbocycles. The number of hydrogen-bond donors (Lipinski definition) is 0. The largest absolute Gasteiger partial charge is 0.247 e. The maximum atomic E-state index is 12.2. The van der Waals surface area contributed by atoms with Crippen LogP contribution in [0, 0.1) is 0 Å². The average molecular weight is 329 g/mol. The molecular formula is C18H39ClF2. The Bertz CT molecular complexity index is 165. The van der Waals surface area contributed by atoms with Crippen molar-refractivity contribution in [3.63, 3.8) is 0 Å². The van der Waals surface area contributed by atoms with Crippen molar-refractivity contribution < 1.29 is 8.78 Å². The van der Waals surface area contributed by atoms with E-state index in [-0.39, 0.29) is 12.8 Å². The van der Waals surface area contributed by atoms with Gasteiger partial charge in [0.15, 0.2) is 0 Å². The van der Waals surface area contributed by atoms with Gasteiger partial charge in [0, 0.05) is 18.2 Å². The molecule has 0 aliphatic rings. The first kappa shape index (κ1) is 26.1. The number of rotatable bonds is 9. The van der Waals surface area contributed by atoms with Gasteiger partial charge in [-0.15, -0.1) is 11.6 Å². The molecule has 0 radical (unpaired) electrons. The first-order valence-corrected chi connectivity index (χ1v) is 9.30. The smallest absolute Gasteiger partial charge is 0.207 e. The monoisotopic (exact) mass is 328 g/mol. The van der Waals surface area contributed by atoms with E-state index in [1.807, 2.05) is 0 Å². The molecule has 0 heterocycles. The minimum absolute atomic E-state index is 0.0269. The van der Waals surface area contributed by atoms with Gasteiger partial charge in [0.25, 0.3) is 0 Å². The molecule has 0 amide bonds. The van der Waals surface area contributed by atoms with Crippen molar-refractivity contribution >= 4 is 11.6 Å². The van der Waals surface area contributed by atoms with E-state index in [1.54, 1.807) is 6.92 Å². The van der Waals surface area contributed by atoms with Crippen LogP contribution in [0.2, 0.25) is 0 Å². The van der Waals surface area contributed by atoms with Crippen LogP contribution in [0.4, 0.5) is 8.78 Å². The van der Waals surface area contributed by atoms with Gasteiger partial charge in [0.05, 0.1) is 0 Å². The summed E-state index contributed by atoms with van der Waals surface area (Å²) in [7, 11) is 0. The van der Waals surface area contributed by atoms with Crippen LogP contribution in [-0.4, -0.2) is 11.3 Å². The van der Waals surface area contributed by atoms with Crippen molar-refractivity contribution in [2.24, 2.45) is 0 Å². The Morgan fingerprint density at radius 2 is 1.19 bits per heavy atom. The summed E-state index contributed by atoms with van der Waals surface area (Å²) in [5.41, 5.74) is 0. The van der Waals surface area contributed by atoms with Crippen LogP contribution in [0.15, 0.2) is 0 Å². The van der Waals surface area contributed by atoms with E-state index in [2.05, 4.69) is 27.7 Å². The van der Waals surface area contributed by atoms with Crippen LogP contribution in [0.3, 0.4) is 0 Å². The fourth-order valence-electron chi connectivity index (χ4n) is 1.51. The van der Waals surface area contributed by atoms with Gasteiger partial charge in [-0.25, -0.2) is 8.78 Å². The molecule has 0 fully saturated rings. The number of unbranched alkanes of at least 4 members (excludes halogenated alkanes) is 4. The van der Waals surface area contributed by atoms with Crippen molar-refractivity contribution in [1.82, 2.24) is 0 Å². The zero-order valence-electron chi connectivity index (χ0n) is 15.3. The zero-order chi connectivity index (χ0) is 17.1. The summed E-state index contributed by atoms with van der Waals surface area (Å²) in [4.78, 5) is 0. The third kappa shape index (κ3) is 28.9. The van der Waals surface area contributed by atoms with E-state index in [1.165, 1.54) is 39.0 Å². The topological polar surface area (TPSA) is 0 Å². The fourth-order valence-corrected chi connectivity index (χ4v) is 1.51. The molecule has 0 atom stereocenters. The summed E-state index contributed by atoms with van der Waals surface area (Å²) >= 11 is 5.65. The third-order valence-electron chi connectivity index (χ3n) is 3.23. The highest BCUT2D eigenvalue weighted by Crippen LogP contribution is 2.23. The van der Waals surface area contributed by atoms with E-state index in [4.69, 9.17) is 11.6 Å². The molecule has 0 saturated heterocycles. The molecule has 0 spiro atoms. The Labute approximate surface area is 138 Å². The van der Waals surface area contributed by atoms with Crippen molar-refractivity contribution in [2.75, 3.05) is 0 Å². The summed E-state index contributed by atoms with van der Waals surface area (Å²) < 4.78 is 24.3. The fraction of sp³-hybridized carbons (Fsp3) is 1.00. The number of alkyl halides is 3. The van der Waals surface area contributed by atoms with Gasteiger partial charge in [0.2, 0.25) is 5.92 Å². The van der Waals surface area contributed by atoms with Gasteiger partial charge in [-0.1, -0.05) is 80.1 Å². The minimum atomic E-state index is -2.41. The molecule has 0 bridgehead atoms. The molecule has 0 saturated carbocycles. The Balaban J connectivity index is -0.000000234. The highest BCUT2D eigenvalue weighted by Gasteiger charge is 2.23. The Morgan fingerprint density at radius 1 is 0.762 bits per heavy atom. The van der Waals surface area contributed by atoms with Gasteiger partial charge in [-0.05, 0) is 12.8 Å². The lowest BCUT2D eigenvalue weighted by Crippen LogP contribution is -2.12.